The minimum atomic E-state index is 0.923. The lowest BCUT2D eigenvalue weighted by atomic mass is 10.0. The van der Waals surface area contributed by atoms with Crippen molar-refractivity contribution in [2.75, 3.05) is 26.2 Å². The summed E-state index contributed by atoms with van der Waals surface area (Å²) < 4.78 is 1.06. The number of hydrogen-bond donors (Lipinski definition) is 1. The zero-order valence-electron chi connectivity index (χ0n) is 14.5. The van der Waals surface area contributed by atoms with Crippen LogP contribution in [0.3, 0.4) is 0 Å². The van der Waals surface area contributed by atoms with E-state index in [1.54, 1.807) is 0 Å². The molecule has 0 aliphatic carbocycles. The van der Waals surface area contributed by atoms with Gasteiger partial charge in [0.2, 0.25) is 5.96 Å². The Labute approximate surface area is 152 Å². The van der Waals surface area contributed by atoms with Crippen molar-refractivity contribution < 1.29 is 0 Å². The summed E-state index contributed by atoms with van der Waals surface area (Å²) in [4.78, 5) is 7.27. The highest BCUT2D eigenvalue weighted by Gasteiger charge is 2.30. The maximum atomic E-state index is 4.95. The van der Waals surface area contributed by atoms with Crippen LogP contribution >= 0.6 is 15.9 Å². The largest absolute Gasteiger partial charge is 0.338 e. The van der Waals surface area contributed by atoms with Crippen LogP contribution in [0, 0.1) is 0 Å². The van der Waals surface area contributed by atoms with Gasteiger partial charge < -0.3 is 10.2 Å². The summed E-state index contributed by atoms with van der Waals surface area (Å²) in [7, 11) is 0. The summed E-state index contributed by atoms with van der Waals surface area (Å²) in [6, 6.07) is 6.27. The Morgan fingerprint density at radius 2 is 2.12 bits per heavy atom. The third-order valence-corrected chi connectivity index (χ3v) is 4.89. The molecule has 1 N–H and O–H groups in total. The van der Waals surface area contributed by atoms with E-state index in [9.17, 15) is 0 Å². The van der Waals surface area contributed by atoms with E-state index >= 15 is 0 Å². The van der Waals surface area contributed by atoms with Gasteiger partial charge >= 0.3 is 0 Å². The molecular weight excluding hydrogens is 366 g/mol. The fourth-order valence-electron chi connectivity index (χ4n) is 3.04. The first kappa shape index (κ1) is 17.2. The molecule has 2 heterocycles. The van der Waals surface area contributed by atoms with Crippen LogP contribution in [0.2, 0.25) is 0 Å². The number of halogens is 1. The molecule has 0 amide bonds. The molecule has 1 aromatic rings. The summed E-state index contributed by atoms with van der Waals surface area (Å²) in [5.41, 5.74) is 4.60. The average molecular weight is 390 g/mol. The second-order valence-electron chi connectivity index (χ2n) is 5.98. The van der Waals surface area contributed by atoms with Crippen LogP contribution in [0.15, 0.2) is 38.3 Å². The summed E-state index contributed by atoms with van der Waals surface area (Å²) in [6.45, 7) is 10.1. The Bertz CT molecular complexity index is 701. The SMILES string of the molecule is C/C=N\N1C(N2CCNCC2)=Nc2ccc(Br)cc2C1=C(C)CC. The highest BCUT2D eigenvalue weighted by molar-refractivity contribution is 9.10. The lowest BCUT2D eigenvalue weighted by Gasteiger charge is -2.38. The number of guanidine groups is 1. The van der Waals surface area contributed by atoms with E-state index in [1.165, 1.54) is 5.57 Å². The molecule has 6 heteroatoms. The predicted molar refractivity (Wildman–Crippen MR) is 105 cm³/mol. The molecule has 1 aromatic carbocycles. The summed E-state index contributed by atoms with van der Waals surface area (Å²) in [5.74, 6) is 0.923. The summed E-state index contributed by atoms with van der Waals surface area (Å²) in [6.07, 6.45) is 2.81. The number of hydrogen-bond acceptors (Lipinski definition) is 5. The number of benzene rings is 1. The maximum Gasteiger partial charge on any atom is 0.227 e. The predicted octanol–water partition coefficient (Wildman–Crippen LogP) is 3.80. The van der Waals surface area contributed by atoms with E-state index in [-0.39, 0.29) is 0 Å². The minimum absolute atomic E-state index is 0.923. The van der Waals surface area contributed by atoms with Crippen molar-refractivity contribution in [1.82, 2.24) is 15.2 Å². The van der Waals surface area contributed by atoms with Gasteiger partial charge in [0.15, 0.2) is 0 Å². The van der Waals surface area contributed by atoms with Gasteiger partial charge in [0.05, 0.1) is 11.4 Å². The second-order valence-corrected chi connectivity index (χ2v) is 6.89. The Balaban J connectivity index is 2.18. The lowest BCUT2D eigenvalue weighted by molar-refractivity contribution is 0.323. The third kappa shape index (κ3) is 3.26. The van der Waals surface area contributed by atoms with Crippen molar-refractivity contribution in [3.63, 3.8) is 0 Å². The summed E-state index contributed by atoms with van der Waals surface area (Å²) in [5, 5.41) is 10.1. The van der Waals surface area contributed by atoms with Gasteiger partial charge in [-0.05, 0) is 44.0 Å². The van der Waals surface area contributed by atoms with Gasteiger partial charge in [-0.25, -0.2) is 10.0 Å². The molecule has 0 bridgehead atoms. The standard InChI is InChI=1S/C18H24BrN5/c1-4-13(3)17-15-12-14(19)6-7-16(15)22-18(24(17)21-5-2)23-10-8-20-9-11-23/h5-7,12,20H,4,8-11H2,1-3H3/b17-13?,21-5-. The zero-order chi connectivity index (χ0) is 17.1. The number of nitrogens with one attached hydrogen (secondary N) is 1. The molecule has 0 atom stereocenters. The maximum absolute atomic E-state index is 4.95. The molecule has 128 valence electrons. The normalized spacial score (nSPS) is 20.2. The van der Waals surface area contributed by atoms with Gasteiger partial charge in [0.1, 0.15) is 0 Å². The Kier molecular flexibility index (Phi) is 5.36. The topological polar surface area (TPSA) is 43.2 Å². The number of nitrogens with zero attached hydrogens (tertiary/aromatic N) is 4. The van der Waals surface area contributed by atoms with Crippen LogP contribution in [0.4, 0.5) is 5.69 Å². The first-order chi connectivity index (χ1) is 11.7. The molecule has 5 nitrogen and oxygen atoms in total. The van der Waals surface area contributed by atoms with Gasteiger partial charge in [-0.15, -0.1) is 0 Å². The van der Waals surface area contributed by atoms with Crippen molar-refractivity contribution in [3.8, 4) is 0 Å². The Morgan fingerprint density at radius 1 is 1.38 bits per heavy atom. The van der Waals surface area contributed by atoms with Crippen molar-refractivity contribution >= 4 is 39.5 Å². The zero-order valence-corrected chi connectivity index (χ0v) is 16.1. The monoisotopic (exact) mass is 389 g/mol. The molecule has 2 aliphatic heterocycles. The molecule has 0 spiro atoms. The number of hydrazone groups is 1. The van der Waals surface area contributed by atoms with Crippen LogP contribution in [0.25, 0.3) is 5.70 Å². The highest BCUT2D eigenvalue weighted by atomic mass is 79.9. The number of rotatable bonds is 2. The number of aliphatic imine (C=N–C) groups is 1. The third-order valence-electron chi connectivity index (χ3n) is 4.40. The van der Waals surface area contributed by atoms with Crippen molar-refractivity contribution in [3.05, 3.63) is 33.8 Å². The van der Waals surface area contributed by atoms with Crippen LogP contribution in [-0.2, 0) is 0 Å². The van der Waals surface area contributed by atoms with E-state index in [2.05, 4.69) is 63.3 Å². The molecule has 0 saturated carbocycles. The van der Waals surface area contributed by atoms with Gasteiger partial charge in [0.25, 0.3) is 0 Å². The number of fused-ring (bicyclic) bond motifs is 1. The number of allylic oxidation sites excluding steroid dienone is 1. The first-order valence-corrected chi connectivity index (χ1v) is 9.27. The number of piperazine rings is 1. The van der Waals surface area contributed by atoms with E-state index in [4.69, 9.17) is 4.99 Å². The van der Waals surface area contributed by atoms with Crippen LogP contribution in [-0.4, -0.2) is 48.3 Å². The van der Waals surface area contributed by atoms with Crippen molar-refractivity contribution in [1.29, 1.82) is 0 Å². The average Bonchev–Trinajstić information content (AvgIpc) is 2.61. The molecule has 0 unspecified atom stereocenters. The molecule has 0 radical (unpaired) electrons. The lowest BCUT2D eigenvalue weighted by Crippen LogP contribution is -2.51. The molecule has 24 heavy (non-hydrogen) atoms. The molecule has 1 fully saturated rings. The summed E-state index contributed by atoms with van der Waals surface area (Å²) >= 11 is 3.59. The van der Waals surface area contributed by atoms with Gasteiger partial charge in [-0.1, -0.05) is 22.9 Å². The van der Waals surface area contributed by atoms with E-state index in [0.717, 1.165) is 60.0 Å². The van der Waals surface area contributed by atoms with E-state index in [1.807, 2.05) is 18.1 Å². The van der Waals surface area contributed by atoms with Crippen LogP contribution in [0.5, 0.6) is 0 Å². The van der Waals surface area contributed by atoms with Crippen LogP contribution in [0.1, 0.15) is 32.8 Å². The van der Waals surface area contributed by atoms with Crippen LogP contribution < -0.4 is 5.32 Å². The van der Waals surface area contributed by atoms with Crippen molar-refractivity contribution in [2.45, 2.75) is 27.2 Å². The highest BCUT2D eigenvalue weighted by Crippen LogP contribution is 2.39. The quantitative estimate of drug-likeness (QED) is 0.782. The Morgan fingerprint density at radius 3 is 2.79 bits per heavy atom. The second kappa shape index (κ2) is 7.49. The fourth-order valence-corrected chi connectivity index (χ4v) is 3.40. The Hall–Kier alpha value is -1.66. The molecule has 1 saturated heterocycles. The van der Waals surface area contributed by atoms with Gasteiger partial charge in [-0.3, -0.25) is 0 Å². The van der Waals surface area contributed by atoms with Gasteiger partial charge in [-0.2, -0.15) is 5.10 Å². The fraction of sp³-hybridized carbons (Fsp3) is 0.444. The van der Waals surface area contributed by atoms with E-state index < -0.39 is 0 Å². The first-order valence-electron chi connectivity index (χ1n) is 8.48. The van der Waals surface area contributed by atoms with E-state index in [0.29, 0.717) is 0 Å². The molecule has 2 aliphatic rings. The van der Waals surface area contributed by atoms with Crippen molar-refractivity contribution in [2.24, 2.45) is 10.1 Å². The molecule has 3 rings (SSSR count). The smallest absolute Gasteiger partial charge is 0.227 e. The molecular formula is C18H24BrN5. The minimum Gasteiger partial charge on any atom is -0.338 e. The molecule has 0 aromatic heterocycles. The van der Waals surface area contributed by atoms with Gasteiger partial charge in [0, 0.05) is 42.4 Å².